The summed E-state index contributed by atoms with van der Waals surface area (Å²) < 4.78 is 17.3. The van der Waals surface area contributed by atoms with Crippen molar-refractivity contribution in [2.24, 2.45) is 0 Å². The van der Waals surface area contributed by atoms with Crippen molar-refractivity contribution in [1.82, 2.24) is 0 Å². The summed E-state index contributed by atoms with van der Waals surface area (Å²) in [6, 6.07) is 6.06. The number of aliphatic hydroxyl groups is 1. The van der Waals surface area contributed by atoms with Crippen molar-refractivity contribution in [3.63, 3.8) is 0 Å². The molecule has 0 aromatic heterocycles. The second kappa shape index (κ2) is 5.32. The summed E-state index contributed by atoms with van der Waals surface area (Å²) >= 11 is 0. The van der Waals surface area contributed by atoms with E-state index in [4.69, 9.17) is 9.84 Å². The Hall–Kier alpha value is -1.35. The van der Waals surface area contributed by atoms with E-state index in [1.54, 1.807) is 18.2 Å². The lowest BCUT2D eigenvalue weighted by Gasteiger charge is -1.95. The predicted molar refractivity (Wildman–Crippen MR) is 48.5 cm³/mol. The van der Waals surface area contributed by atoms with Crippen LogP contribution in [-0.4, -0.2) is 18.3 Å². The molecule has 0 aliphatic carbocycles. The van der Waals surface area contributed by atoms with Crippen molar-refractivity contribution < 1.29 is 14.2 Å². The molecule has 1 aromatic carbocycles. The average molecular weight is 182 g/mol. The molecule has 0 unspecified atom stereocenters. The molecule has 0 atom stereocenters. The van der Waals surface area contributed by atoms with Crippen molar-refractivity contribution >= 4 is 6.08 Å². The molecule has 0 spiro atoms. The fraction of sp³-hybridized carbons (Fsp3) is 0.200. The number of ether oxygens (including phenoxy) is 1. The lowest BCUT2D eigenvalue weighted by molar-refractivity contribution is 0.167. The highest BCUT2D eigenvalue weighted by Crippen LogP contribution is 2.04. The van der Waals surface area contributed by atoms with Crippen LogP contribution in [-0.2, 0) is 4.74 Å². The number of aliphatic hydroxyl groups excluding tert-OH is 1. The number of hydrogen-bond acceptors (Lipinski definition) is 2. The first-order chi connectivity index (χ1) is 6.33. The molecule has 70 valence electrons. The van der Waals surface area contributed by atoms with Gasteiger partial charge in [0.2, 0.25) is 0 Å². The van der Waals surface area contributed by atoms with Crippen LogP contribution in [0.4, 0.5) is 4.39 Å². The SMILES string of the molecule is OCCO/C=C/c1ccc(F)cc1. The van der Waals surface area contributed by atoms with Crippen molar-refractivity contribution in [2.45, 2.75) is 0 Å². The maximum Gasteiger partial charge on any atom is 0.123 e. The zero-order valence-corrected chi connectivity index (χ0v) is 7.11. The fourth-order valence-corrected chi connectivity index (χ4v) is 0.821. The molecule has 0 aliphatic heterocycles. The molecule has 0 radical (unpaired) electrons. The van der Waals surface area contributed by atoms with Gasteiger partial charge in [-0.2, -0.15) is 0 Å². The van der Waals surface area contributed by atoms with Crippen molar-refractivity contribution in [2.75, 3.05) is 13.2 Å². The van der Waals surface area contributed by atoms with Gasteiger partial charge >= 0.3 is 0 Å². The maximum absolute atomic E-state index is 12.4. The normalized spacial score (nSPS) is 10.6. The lowest BCUT2D eigenvalue weighted by atomic mass is 10.2. The van der Waals surface area contributed by atoms with Crippen LogP contribution in [0.2, 0.25) is 0 Å². The Bertz CT molecular complexity index is 267. The van der Waals surface area contributed by atoms with Gasteiger partial charge in [-0.3, -0.25) is 0 Å². The van der Waals surface area contributed by atoms with Crippen LogP contribution >= 0.6 is 0 Å². The first kappa shape index (κ1) is 9.74. The van der Waals surface area contributed by atoms with Gasteiger partial charge in [0, 0.05) is 0 Å². The van der Waals surface area contributed by atoms with E-state index in [1.807, 2.05) is 0 Å². The molecule has 0 fully saturated rings. The van der Waals surface area contributed by atoms with Gasteiger partial charge in [0.25, 0.3) is 0 Å². The number of hydrogen-bond donors (Lipinski definition) is 1. The van der Waals surface area contributed by atoms with E-state index in [9.17, 15) is 4.39 Å². The summed E-state index contributed by atoms with van der Waals surface area (Å²) in [5, 5.41) is 8.39. The topological polar surface area (TPSA) is 29.5 Å². The number of rotatable bonds is 4. The Morgan fingerprint density at radius 1 is 1.31 bits per heavy atom. The van der Waals surface area contributed by atoms with E-state index in [2.05, 4.69) is 0 Å². The Labute approximate surface area is 76.3 Å². The highest BCUT2D eigenvalue weighted by Gasteiger charge is 1.88. The second-order valence-corrected chi connectivity index (χ2v) is 2.45. The van der Waals surface area contributed by atoms with Crippen molar-refractivity contribution in [1.29, 1.82) is 0 Å². The van der Waals surface area contributed by atoms with Crippen LogP contribution in [0.25, 0.3) is 6.08 Å². The fourth-order valence-electron chi connectivity index (χ4n) is 0.821. The quantitative estimate of drug-likeness (QED) is 0.568. The molecule has 2 nitrogen and oxygen atoms in total. The third kappa shape index (κ3) is 3.71. The molecule has 1 rings (SSSR count). The monoisotopic (exact) mass is 182 g/mol. The highest BCUT2D eigenvalue weighted by molar-refractivity contribution is 5.47. The molecule has 0 aliphatic rings. The van der Waals surface area contributed by atoms with Crippen LogP contribution < -0.4 is 0 Å². The third-order valence-corrected chi connectivity index (χ3v) is 1.44. The van der Waals surface area contributed by atoms with E-state index < -0.39 is 0 Å². The molecular formula is C10H11FO2. The van der Waals surface area contributed by atoms with Crippen LogP contribution in [0.1, 0.15) is 5.56 Å². The first-order valence-corrected chi connectivity index (χ1v) is 3.97. The van der Waals surface area contributed by atoms with Gasteiger partial charge in [-0.25, -0.2) is 4.39 Å². The molecule has 0 saturated heterocycles. The Balaban J connectivity index is 2.44. The zero-order valence-electron chi connectivity index (χ0n) is 7.11. The number of benzene rings is 1. The third-order valence-electron chi connectivity index (χ3n) is 1.44. The second-order valence-electron chi connectivity index (χ2n) is 2.45. The van der Waals surface area contributed by atoms with Crippen LogP contribution in [0, 0.1) is 5.82 Å². The summed E-state index contributed by atoms with van der Waals surface area (Å²) in [4.78, 5) is 0. The van der Waals surface area contributed by atoms with Crippen LogP contribution in [0.5, 0.6) is 0 Å². The summed E-state index contributed by atoms with van der Waals surface area (Å²) in [6.45, 7) is 0.269. The number of halogens is 1. The Kier molecular flexibility index (Phi) is 3.99. The van der Waals surface area contributed by atoms with Gasteiger partial charge in [0.1, 0.15) is 12.4 Å². The molecule has 3 heteroatoms. The first-order valence-electron chi connectivity index (χ1n) is 3.97. The molecule has 0 heterocycles. The van der Waals surface area contributed by atoms with Gasteiger partial charge in [-0.15, -0.1) is 0 Å². The molecule has 1 aromatic rings. The van der Waals surface area contributed by atoms with Gasteiger partial charge in [-0.05, 0) is 23.8 Å². The summed E-state index contributed by atoms with van der Waals surface area (Å²) in [7, 11) is 0. The maximum atomic E-state index is 12.4. The van der Waals surface area contributed by atoms with Crippen LogP contribution in [0.3, 0.4) is 0 Å². The standard InChI is InChI=1S/C10H11FO2/c11-10-3-1-9(2-4-10)5-7-13-8-6-12/h1-5,7,12H,6,8H2/b7-5+. The van der Waals surface area contributed by atoms with Gasteiger partial charge in [-0.1, -0.05) is 12.1 Å². The van der Waals surface area contributed by atoms with Gasteiger partial charge in [0.05, 0.1) is 12.9 Å². The minimum Gasteiger partial charge on any atom is -0.499 e. The minimum absolute atomic E-state index is 0.00619. The minimum atomic E-state index is -0.256. The molecule has 1 N–H and O–H groups in total. The smallest absolute Gasteiger partial charge is 0.123 e. The summed E-state index contributed by atoms with van der Waals surface area (Å²) in [5.74, 6) is -0.256. The predicted octanol–water partition coefficient (Wildman–Crippen LogP) is 1.81. The molecule has 0 amide bonds. The van der Waals surface area contributed by atoms with Gasteiger partial charge in [0.15, 0.2) is 0 Å². The Morgan fingerprint density at radius 3 is 2.62 bits per heavy atom. The zero-order chi connectivity index (χ0) is 9.52. The summed E-state index contributed by atoms with van der Waals surface area (Å²) in [6.07, 6.45) is 3.18. The van der Waals surface area contributed by atoms with E-state index in [1.165, 1.54) is 18.4 Å². The molecule has 13 heavy (non-hydrogen) atoms. The largest absolute Gasteiger partial charge is 0.499 e. The molecule has 0 bridgehead atoms. The lowest BCUT2D eigenvalue weighted by Crippen LogP contribution is -1.91. The van der Waals surface area contributed by atoms with E-state index in [0.29, 0.717) is 0 Å². The highest BCUT2D eigenvalue weighted by atomic mass is 19.1. The summed E-state index contributed by atoms with van der Waals surface area (Å²) in [5.41, 5.74) is 0.860. The Morgan fingerprint density at radius 2 is 2.00 bits per heavy atom. The van der Waals surface area contributed by atoms with Crippen molar-refractivity contribution in [3.05, 3.63) is 41.9 Å². The van der Waals surface area contributed by atoms with Gasteiger partial charge < -0.3 is 9.84 Å². The molecular weight excluding hydrogens is 171 g/mol. The van der Waals surface area contributed by atoms with E-state index >= 15 is 0 Å². The average Bonchev–Trinajstić information content (AvgIpc) is 2.15. The van der Waals surface area contributed by atoms with Crippen LogP contribution in [0.15, 0.2) is 30.5 Å². The van der Waals surface area contributed by atoms with Crippen molar-refractivity contribution in [3.8, 4) is 0 Å². The van der Waals surface area contributed by atoms with E-state index in [0.717, 1.165) is 5.56 Å². The molecule has 0 saturated carbocycles. The van der Waals surface area contributed by atoms with E-state index in [-0.39, 0.29) is 19.0 Å².